The van der Waals surface area contributed by atoms with Crippen LogP contribution in [0.1, 0.15) is 12.8 Å². The van der Waals surface area contributed by atoms with E-state index in [1.54, 1.807) is 11.0 Å². The smallest absolute Gasteiger partial charge is 0.314 e. The van der Waals surface area contributed by atoms with Gasteiger partial charge in [0.15, 0.2) is 0 Å². The van der Waals surface area contributed by atoms with Crippen LogP contribution >= 0.6 is 23.2 Å². The number of hydrogen-bond donors (Lipinski definition) is 1. The molecule has 2 N–H and O–H groups in total. The summed E-state index contributed by atoms with van der Waals surface area (Å²) in [5, 5.41) is 0.152. The third kappa shape index (κ3) is 4.22. The minimum absolute atomic E-state index is 0.00283. The van der Waals surface area contributed by atoms with Gasteiger partial charge < -0.3 is 15.5 Å². The molecule has 2 saturated heterocycles. The van der Waals surface area contributed by atoms with Gasteiger partial charge in [-0.1, -0.05) is 29.3 Å². The fraction of sp³-hybridized carbons (Fsp3) is 0.529. The van der Waals surface area contributed by atoms with E-state index in [0.717, 1.165) is 0 Å². The molecule has 11 heteroatoms. The first kappa shape index (κ1) is 21.2. The molecular weight excluding hydrogens is 427 g/mol. The second-order valence-electron chi connectivity index (χ2n) is 6.88. The van der Waals surface area contributed by atoms with Gasteiger partial charge in [-0.25, -0.2) is 13.2 Å². The van der Waals surface area contributed by atoms with E-state index in [0.29, 0.717) is 39.0 Å². The molecule has 2 fully saturated rings. The second kappa shape index (κ2) is 8.44. The van der Waals surface area contributed by atoms with E-state index in [1.165, 1.54) is 21.3 Å². The maximum Gasteiger partial charge on any atom is 0.314 e. The Morgan fingerprint density at radius 1 is 0.929 bits per heavy atom. The van der Waals surface area contributed by atoms with Crippen LogP contribution in [0.4, 0.5) is 4.79 Å². The van der Waals surface area contributed by atoms with Crippen molar-refractivity contribution in [2.24, 2.45) is 11.7 Å². The molecule has 28 heavy (non-hydrogen) atoms. The van der Waals surface area contributed by atoms with Crippen molar-refractivity contribution in [1.29, 1.82) is 0 Å². The Labute approximate surface area is 174 Å². The number of likely N-dealkylation sites (tertiary alicyclic amines) is 1. The van der Waals surface area contributed by atoms with Crippen LogP contribution in [0.5, 0.6) is 0 Å². The van der Waals surface area contributed by atoms with Gasteiger partial charge in [-0.05, 0) is 25.0 Å². The van der Waals surface area contributed by atoms with Crippen LogP contribution in [0.2, 0.25) is 10.0 Å². The Hall–Kier alpha value is -1.55. The zero-order chi connectivity index (χ0) is 20.5. The van der Waals surface area contributed by atoms with Crippen LogP contribution in [0, 0.1) is 5.92 Å². The quantitative estimate of drug-likeness (QED) is 0.757. The van der Waals surface area contributed by atoms with Crippen LogP contribution in [0.15, 0.2) is 23.1 Å². The minimum Gasteiger partial charge on any atom is -0.351 e. The molecule has 0 spiro atoms. The molecule has 8 nitrogen and oxygen atoms in total. The van der Waals surface area contributed by atoms with E-state index in [9.17, 15) is 18.0 Å². The van der Waals surface area contributed by atoms with Crippen molar-refractivity contribution in [3.8, 4) is 0 Å². The van der Waals surface area contributed by atoms with Gasteiger partial charge in [0.05, 0.1) is 10.0 Å². The summed E-state index contributed by atoms with van der Waals surface area (Å²) in [5.41, 5.74) is 5.27. The van der Waals surface area contributed by atoms with Gasteiger partial charge in [-0.15, -0.1) is 0 Å². The van der Waals surface area contributed by atoms with E-state index in [-0.39, 0.29) is 39.9 Å². The first-order valence-electron chi connectivity index (χ1n) is 8.99. The molecule has 0 atom stereocenters. The number of piperazine rings is 1. The molecule has 1 aromatic carbocycles. The molecule has 0 aromatic heterocycles. The largest absolute Gasteiger partial charge is 0.351 e. The molecule has 2 heterocycles. The molecule has 0 aliphatic carbocycles. The highest BCUT2D eigenvalue weighted by atomic mass is 35.5. The van der Waals surface area contributed by atoms with Gasteiger partial charge in [0.2, 0.25) is 15.9 Å². The van der Waals surface area contributed by atoms with Crippen molar-refractivity contribution in [2.75, 3.05) is 39.3 Å². The molecule has 0 saturated carbocycles. The van der Waals surface area contributed by atoms with E-state index < -0.39 is 16.1 Å². The third-order valence-electron chi connectivity index (χ3n) is 5.22. The van der Waals surface area contributed by atoms with Crippen LogP contribution < -0.4 is 5.73 Å². The number of urea groups is 1. The molecule has 154 valence electrons. The zero-order valence-corrected chi connectivity index (χ0v) is 17.5. The van der Waals surface area contributed by atoms with Gasteiger partial charge in [0.1, 0.15) is 4.90 Å². The normalized spacial score (nSPS) is 19.6. The summed E-state index contributed by atoms with van der Waals surface area (Å²) >= 11 is 12.1. The van der Waals surface area contributed by atoms with Crippen LogP contribution in [0.25, 0.3) is 0 Å². The Morgan fingerprint density at radius 2 is 1.46 bits per heavy atom. The lowest BCUT2D eigenvalue weighted by atomic mass is 9.95. The van der Waals surface area contributed by atoms with Crippen molar-refractivity contribution >= 4 is 45.2 Å². The van der Waals surface area contributed by atoms with E-state index in [1.807, 2.05) is 0 Å². The van der Waals surface area contributed by atoms with Crippen molar-refractivity contribution in [1.82, 2.24) is 14.1 Å². The number of nitrogens with two attached hydrogens (primary N) is 1. The lowest BCUT2D eigenvalue weighted by Crippen LogP contribution is -2.53. The number of sulfonamides is 1. The van der Waals surface area contributed by atoms with E-state index >= 15 is 0 Å². The lowest BCUT2D eigenvalue weighted by Gasteiger charge is -2.38. The summed E-state index contributed by atoms with van der Waals surface area (Å²) in [4.78, 5) is 27.1. The highest BCUT2D eigenvalue weighted by Crippen LogP contribution is 2.32. The summed E-state index contributed by atoms with van der Waals surface area (Å²) in [6, 6.07) is 4.09. The number of rotatable bonds is 3. The van der Waals surface area contributed by atoms with Crippen molar-refractivity contribution in [2.45, 2.75) is 17.7 Å². The van der Waals surface area contributed by atoms with Gasteiger partial charge in [-0.2, -0.15) is 4.31 Å². The maximum absolute atomic E-state index is 12.9. The number of carbonyl (C=O) groups is 2. The number of hydrogen-bond acceptors (Lipinski definition) is 4. The van der Waals surface area contributed by atoms with Crippen LogP contribution in [-0.2, 0) is 14.8 Å². The van der Waals surface area contributed by atoms with Crippen molar-refractivity contribution in [3.05, 3.63) is 28.2 Å². The first-order valence-corrected chi connectivity index (χ1v) is 11.2. The predicted octanol–water partition coefficient (Wildman–Crippen LogP) is 1.62. The van der Waals surface area contributed by atoms with Gasteiger partial charge in [0.25, 0.3) is 0 Å². The number of piperidine rings is 1. The standard InChI is InChI=1S/C17H22Cl2N4O4S/c18-13-2-1-3-14(19)15(13)28(26,27)23-10-8-21(9-11-23)16(24)12-4-6-22(7-5-12)17(20)25/h1-3,12H,4-11H2,(H2,20,25). The molecule has 0 unspecified atom stereocenters. The van der Waals surface area contributed by atoms with Gasteiger partial charge in [-0.3, -0.25) is 4.79 Å². The number of amides is 3. The second-order valence-corrected chi connectivity index (χ2v) is 9.57. The Balaban J connectivity index is 1.61. The van der Waals surface area contributed by atoms with E-state index in [2.05, 4.69) is 0 Å². The third-order valence-corrected chi connectivity index (χ3v) is 8.08. The monoisotopic (exact) mass is 448 g/mol. The minimum atomic E-state index is -3.84. The molecule has 0 bridgehead atoms. The number of nitrogens with zero attached hydrogens (tertiary/aromatic N) is 3. The van der Waals surface area contributed by atoms with Gasteiger partial charge >= 0.3 is 6.03 Å². The summed E-state index contributed by atoms with van der Waals surface area (Å²) < 4.78 is 27.1. The molecule has 2 aliphatic rings. The summed E-state index contributed by atoms with van der Waals surface area (Å²) in [6.45, 7) is 1.88. The average Bonchev–Trinajstić information content (AvgIpc) is 2.67. The molecule has 3 rings (SSSR count). The number of primary amides is 1. The summed E-state index contributed by atoms with van der Waals surface area (Å²) in [5.74, 6) is -0.172. The predicted molar refractivity (Wildman–Crippen MR) is 106 cm³/mol. The molecular formula is C17H22Cl2N4O4S. The van der Waals surface area contributed by atoms with Crippen molar-refractivity contribution in [3.63, 3.8) is 0 Å². The fourth-order valence-corrected chi connectivity index (χ4v) is 6.13. The summed E-state index contributed by atoms with van der Waals surface area (Å²) in [7, 11) is -3.84. The zero-order valence-electron chi connectivity index (χ0n) is 15.2. The molecule has 3 amide bonds. The lowest BCUT2D eigenvalue weighted by molar-refractivity contribution is -0.138. The van der Waals surface area contributed by atoms with Crippen molar-refractivity contribution < 1.29 is 18.0 Å². The maximum atomic E-state index is 12.9. The first-order chi connectivity index (χ1) is 13.2. The number of benzene rings is 1. The Bertz CT molecular complexity index is 844. The number of halogens is 2. The highest BCUT2D eigenvalue weighted by Gasteiger charge is 2.35. The Kier molecular flexibility index (Phi) is 6.38. The van der Waals surface area contributed by atoms with Gasteiger partial charge in [0, 0.05) is 45.2 Å². The molecule has 1 aromatic rings. The highest BCUT2D eigenvalue weighted by molar-refractivity contribution is 7.89. The summed E-state index contributed by atoms with van der Waals surface area (Å²) in [6.07, 6.45) is 1.13. The number of carbonyl (C=O) groups excluding carboxylic acids is 2. The van der Waals surface area contributed by atoms with E-state index in [4.69, 9.17) is 28.9 Å². The average molecular weight is 449 g/mol. The van der Waals surface area contributed by atoms with Crippen LogP contribution in [0.3, 0.4) is 0 Å². The molecule has 0 radical (unpaired) electrons. The van der Waals surface area contributed by atoms with Crippen LogP contribution in [-0.4, -0.2) is 73.7 Å². The fourth-order valence-electron chi connectivity index (χ4n) is 3.61. The Morgan fingerprint density at radius 3 is 1.96 bits per heavy atom. The molecule has 2 aliphatic heterocycles. The SMILES string of the molecule is NC(=O)N1CCC(C(=O)N2CCN(S(=O)(=O)c3c(Cl)cccc3Cl)CC2)CC1. The topological polar surface area (TPSA) is 104 Å².